The van der Waals surface area contributed by atoms with E-state index in [1.54, 1.807) is 0 Å². The summed E-state index contributed by atoms with van der Waals surface area (Å²) < 4.78 is 0. The number of aliphatic hydroxyl groups is 1. The van der Waals surface area contributed by atoms with Gasteiger partial charge in [-0.2, -0.15) is 0 Å². The van der Waals surface area contributed by atoms with Crippen LogP contribution in [-0.2, 0) is 6.61 Å². The highest BCUT2D eigenvalue weighted by atomic mass is 16.3. The Bertz CT molecular complexity index is 333. The average molecular weight is 219 g/mol. The number of nitrogens with one attached hydrogen (secondary N) is 1. The summed E-state index contributed by atoms with van der Waals surface area (Å²) in [6, 6.07) is 8.54. The first kappa shape index (κ1) is 11.5. The van der Waals surface area contributed by atoms with E-state index < -0.39 is 0 Å². The van der Waals surface area contributed by atoms with E-state index in [1.807, 2.05) is 18.2 Å². The summed E-state index contributed by atoms with van der Waals surface area (Å²) in [5, 5.41) is 12.5. The van der Waals surface area contributed by atoms with Crippen molar-refractivity contribution in [2.45, 2.75) is 45.3 Å². The molecule has 0 aromatic heterocycles. The van der Waals surface area contributed by atoms with Gasteiger partial charge in [-0.15, -0.1) is 0 Å². The topological polar surface area (TPSA) is 32.3 Å². The molecule has 1 atom stereocenters. The molecular weight excluding hydrogens is 198 g/mol. The molecule has 1 saturated carbocycles. The lowest BCUT2D eigenvalue weighted by atomic mass is 10.1. The van der Waals surface area contributed by atoms with Gasteiger partial charge in [0.15, 0.2) is 0 Å². The molecule has 0 radical (unpaired) electrons. The standard InChI is InChI=1S/C14H21NO/c1-11(5-6-12-7-8-12)15-14-4-2-3-13(9-14)10-16/h2-4,9,11-12,15-16H,5-8,10H2,1H3/t11-/m1/s1. The van der Waals surface area contributed by atoms with Crippen LogP contribution in [0.2, 0.25) is 0 Å². The Kier molecular flexibility index (Phi) is 3.83. The zero-order chi connectivity index (χ0) is 11.4. The average Bonchev–Trinajstić information content (AvgIpc) is 3.10. The highest BCUT2D eigenvalue weighted by Gasteiger charge is 2.21. The van der Waals surface area contributed by atoms with E-state index in [1.165, 1.54) is 25.7 Å². The van der Waals surface area contributed by atoms with Gasteiger partial charge in [0.05, 0.1) is 6.61 Å². The van der Waals surface area contributed by atoms with Gasteiger partial charge in [0, 0.05) is 11.7 Å². The molecule has 88 valence electrons. The van der Waals surface area contributed by atoms with Crippen molar-refractivity contribution in [3.05, 3.63) is 29.8 Å². The molecule has 0 spiro atoms. The van der Waals surface area contributed by atoms with Crippen molar-refractivity contribution in [2.75, 3.05) is 5.32 Å². The third-order valence-electron chi connectivity index (χ3n) is 3.23. The summed E-state index contributed by atoms with van der Waals surface area (Å²) >= 11 is 0. The summed E-state index contributed by atoms with van der Waals surface area (Å²) in [6.45, 7) is 2.35. The van der Waals surface area contributed by atoms with Crippen LogP contribution in [0.1, 0.15) is 38.2 Å². The molecule has 0 aliphatic heterocycles. The quantitative estimate of drug-likeness (QED) is 0.770. The van der Waals surface area contributed by atoms with E-state index in [9.17, 15) is 0 Å². The van der Waals surface area contributed by atoms with Gasteiger partial charge in [0.1, 0.15) is 0 Å². The van der Waals surface area contributed by atoms with Crippen LogP contribution in [0.15, 0.2) is 24.3 Å². The summed E-state index contributed by atoms with van der Waals surface area (Å²) in [5.41, 5.74) is 2.09. The molecule has 1 fully saturated rings. The van der Waals surface area contributed by atoms with Gasteiger partial charge in [-0.3, -0.25) is 0 Å². The van der Waals surface area contributed by atoms with Crippen molar-refractivity contribution >= 4 is 5.69 Å². The van der Waals surface area contributed by atoms with Crippen molar-refractivity contribution in [3.63, 3.8) is 0 Å². The fourth-order valence-electron chi connectivity index (χ4n) is 2.01. The Balaban J connectivity index is 1.81. The van der Waals surface area contributed by atoms with Gasteiger partial charge in [0.2, 0.25) is 0 Å². The highest BCUT2D eigenvalue weighted by Crippen LogP contribution is 2.34. The molecular formula is C14H21NO. The lowest BCUT2D eigenvalue weighted by Crippen LogP contribution is -2.15. The molecule has 1 aliphatic carbocycles. The van der Waals surface area contributed by atoms with Crippen molar-refractivity contribution < 1.29 is 5.11 Å². The maximum Gasteiger partial charge on any atom is 0.0682 e. The normalized spacial score (nSPS) is 17.1. The fourth-order valence-corrected chi connectivity index (χ4v) is 2.01. The monoisotopic (exact) mass is 219 g/mol. The molecule has 0 amide bonds. The minimum Gasteiger partial charge on any atom is -0.392 e. The third kappa shape index (κ3) is 3.53. The maximum atomic E-state index is 9.05. The zero-order valence-corrected chi connectivity index (χ0v) is 9.95. The van der Waals surface area contributed by atoms with Crippen LogP contribution in [0.3, 0.4) is 0 Å². The lowest BCUT2D eigenvalue weighted by molar-refractivity contribution is 0.282. The van der Waals surface area contributed by atoms with Gasteiger partial charge in [-0.25, -0.2) is 0 Å². The Morgan fingerprint density at radius 3 is 2.94 bits per heavy atom. The second-order valence-electron chi connectivity index (χ2n) is 4.92. The molecule has 1 aromatic carbocycles. The molecule has 1 aromatic rings. The number of aliphatic hydroxyl groups excluding tert-OH is 1. The fraction of sp³-hybridized carbons (Fsp3) is 0.571. The first-order valence-corrected chi connectivity index (χ1v) is 6.24. The maximum absolute atomic E-state index is 9.05. The summed E-state index contributed by atoms with van der Waals surface area (Å²) in [4.78, 5) is 0. The summed E-state index contributed by atoms with van der Waals surface area (Å²) in [7, 11) is 0. The third-order valence-corrected chi connectivity index (χ3v) is 3.23. The van der Waals surface area contributed by atoms with Crippen LogP contribution in [0.4, 0.5) is 5.69 Å². The van der Waals surface area contributed by atoms with Crippen LogP contribution in [0, 0.1) is 5.92 Å². The number of hydrogen-bond donors (Lipinski definition) is 2. The molecule has 0 heterocycles. The van der Waals surface area contributed by atoms with Gasteiger partial charge >= 0.3 is 0 Å². The second kappa shape index (κ2) is 5.35. The first-order valence-electron chi connectivity index (χ1n) is 6.24. The smallest absolute Gasteiger partial charge is 0.0682 e. The number of rotatable bonds is 6. The number of anilines is 1. The van der Waals surface area contributed by atoms with E-state index in [4.69, 9.17) is 5.11 Å². The van der Waals surface area contributed by atoms with E-state index in [0.29, 0.717) is 6.04 Å². The lowest BCUT2D eigenvalue weighted by Gasteiger charge is -2.15. The van der Waals surface area contributed by atoms with Gasteiger partial charge in [-0.1, -0.05) is 25.0 Å². The van der Waals surface area contributed by atoms with Gasteiger partial charge < -0.3 is 10.4 Å². The Labute approximate surface area is 97.7 Å². The Hall–Kier alpha value is -1.02. The molecule has 2 heteroatoms. The molecule has 2 nitrogen and oxygen atoms in total. The van der Waals surface area contributed by atoms with Crippen molar-refractivity contribution in [3.8, 4) is 0 Å². The molecule has 1 aliphatic rings. The molecule has 16 heavy (non-hydrogen) atoms. The van der Waals surface area contributed by atoms with E-state index in [0.717, 1.165) is 17.2 Å². The predicted molar refractivity (Wildman–Crippen MR) is 67.4 cm³/mol. The van der Waals surface area contributed by atoms with E-state index >= 15 is 0 Å². The number of benzene rings is 1. The molecule has 0 unspecified atom stereocenters. The zero-order valence-electron chi connectivity index (χ0n) is 9.95. The largest absolute Gasteiger partial charge is 0.392 e. The molecule has 0 saturated heterocycles. The Morgan fingerprint density at radius 2 is 2.25 bits per heavy atom. The van der Waals surface area contributed by atoms with Crippen LogP contribution < -0.4 is 5.32 Å². The van der Waals surface area contributed by atoms with Crippen molar-refractivity contribution in [1.82, 2.24) is 0 Å². The van der Waals surface area contributed by atoms with Gasteiger partial charge in [0.25, 0.3) is 0 Å². The van der Waals surface area contributed by atoms with Crippen molar-refractivity contribution in [2.24, 2.45) is 5.92 Å². The van der Waals surface area contributed by atoms with Gasteiger partial charge in [-0.05, 0) is 43.4 Å². The van der Waals surface area contributed by atoms with Crippen molar-refractivity contribution in [1.29, 1.82) is 0 Å². The molecule has 2 N–H and O–H groups in total. The minimum absolute atomic E-state index is 0.117. The van der Waals surface area contributed by atoms with Crippen LogP contribution in [0.5, 0.6) is 0 Å². The summed E-state index contributed by atoms with van der Waals surface area (Å²) in [6.07, 6.45) is 5.47. The van der Waals surface area contributed by atoms with E-state index in [-0.39, 0.29) is 6.61 Å². The SMILES string of the molecule is C[C@H](CCC1CC1)Nc1cccc(CO)c1. The van der Waals surface area contributed by atoms with Crippen LogP contribution in [0.25, 0.3) is 0 Å². The Morgan fingerprint density at radius 1 is 1.44 bits per heavy atom. The number of hydrogen-bond acceptors (Lipinski definition) is 2. The minimum atomic E-state index is 0.117. The molecule has 0 bridgehead atoms. The highest BCUT2D eigenvalue weighted by molar-refractivity contribution is 5.46. The predicted octanol–water partition coefficient (Wildman–Crippen LogP) is 3.17. The summed E-state index contributed by atoms with van der Waals surface area (Å²) in [5.74, 6) is 1.01. The second-order valence-corrected chi connectivity index (χ2v) is 4.92. The molecule has 2 rings (SSSR count). The van der Waals surface area contributed by atoms with Crippen LogP contribution >= 0.6 is 0 Å². The first-order chi connectivity index (χ1) is 7.78. The van der Waals surface area contributed by atoms with E-state index in [2.05, 4.69) is 18.3 Å². The van der Waals surface area contributed by atoms with Crippen LogP contribution in [-0.4, -0.2) is 11.1 Å².